The Morgan fingerprint density at radius 1 is 1.33 bits per heavy atom. The van der Waals surface area contributed by atoms with Gasteiger partial charge in [0.1, 0.15) is 6.04 Å². The molecule has 0 aromatic heterocycles. The number of rotatable bonds is 6. The molecule has 0 aromatic carbocycles. The largest absolute Gasteiger partial charge is 0.468 e. The highest BCUT2D eigenvalue weighted by molar-refractivity contribution is 5.75. The monoisotopic (exact) mass is 298 g/mol. The molecule has 124 valence electrons. The van der Waals surface area contributed by atoms with Crippen LogP contribution < -0.4 is 5.32 Å². The van der Waals surface area contributed by atoms with Gasteiger partial charge in [0.2, 0.25) is 0 Å². The molecule has 1 aliphatic heterocycles. The van der Waals surface area contributed by atoms with Gasteiger partial charge < -0.3 is 15.0 Å². The van der Waals surface area contributed by atoms with Crippen molar-refractivity contribution in [2.75, 3.05) is 33.3 Å². The Kier molecular flexibility index (Phi) is 7.67. The maximum Gasteiger partial charge on any atom is 0.324 e. The second-order valence-corrected chi connectivity index (χ2v) is 7.32. The van der Waals surface area contributed by atoms with Crippen LogP contribution in [0.4, 0.5) is 0 Å². The molecule has 1 fully saturated rings. The number of carbonyl (C=O) groups is 1. The fraction of sp³-hybridized carbons (Fsp3) is 0.941. The fourth-order valence-corrected chi connectivity index (χ4v) is 3.15. The standard InChI is InChI=1S/C17H34N2O2/c1-6-10-18-15(16(20)21-5)13-19-11-7-8-14(9-12-19)17(2,3)4/h14-15,18H,6-13H2,1-5H3. The Labute approximate surface area is 130 Å². The van der Waals surface area contributed by atoms with Crippen molar-refractivity contribution >= 4 is 5.97 Å². The minimum Gasteiger partial charge on any atom is -0.468 e. The van der Waals surface area contributed by atoms with Crippen molar-refractivity contribution in [1.82, 2.24) is 10.2 Å². The molecule has 1 N–H and O–H groups in total. The van der Waals surface area contributed by atoms with Gasteiger partial charge in [0, 0.05) is 6.54 Å². The van der Waals surface area contributed by atoms with Crippen LogP contribution in [-0.2, 0) is 9.53 Å². The van der Waals surface area contributed by atoms with E-state index in [0.717, 1.165) is 38.5 Å². The van der Waals surface area contributed by atoms with Crippen LogP contribution in [0.5, 0.6) is 0 Å². The van der Waals surface area contributed by atoms with Crippen molar-refractivity contribution < 1.29 is 9.53 Å². The number of carbonyl (C=O) groups excluding carboxylic acids is 1. The molecule has 0 saturated carbocycles. The SMILES string of the molecule is CCCNC(CN1CCCC(C(C)(C)C)CC1)C(=O)OC. The number of ether oxygens (including phenoxy) is 1. The fourth-order valence-electron chi connectivity index (χ4n) is 3.15. The molecular formula is C17H34N2O2. The minimum absolute atomic E-state index is 0.139. The topological polar surface area (TPSA) is 41.6 Å². The summed E-state index contributed by atoms with van der Waals surface area (Å²) in [4.78, 5) is 14.3. The molecule has 0 amide bonds. The van der Waals surface area contributed by atoms with E-state index >= 15 is 0 Å². The van der Waals surface area contributed by atoms with Crippen LogP contribution in [0.3, 0.4) is 0 Å². The highest BCUT2D eigenvalue weighted by atomic mass is 16.5. The maximum atomic E-state index is 11.9. The summed E-state index contributed by atoms with van der Waals surface area (Å²) >= 11 is 0. The molecule has 2 unspecified atom stereocenters. The number of nitrogens with zero attached hydrogens (tertiary/aromatic N) is 1. The zero-order valence-corrected chi connectivity index (χ0v) is 14.6. The Balaban J connectivity index is 2.53. The first-order valence-corrected chi connectivity index (χ1v) is 8.42. The highest BCUT2D eigenvalue weighted by Crippen LogP contribution is 2.34. The predicted octanol–water partition coefficient (Wildman–Crippen LogP) is 2.68. The second-order valence-electron chi connectivity index (χ2n) is 7.32. The molecular weight excluding hydrogens is 264 g/mol. The number of esters is 1. The number of likely N-dealkylation sites (tertiary alicyclic amines) is 1. The van der Waals surface area contributed by atoms with Gasteiger partial charge in [-0.25, -0.2) is 0 Å². The van der Waals surface area contributed by atoms with Gasteiger partial charge in [-0.1, -0.05) is 27.7 Å². The van der Waals surface area contributed by atoms with E-state index in [1.807, 2.05) is 0 Å². The van der Waals surface area contributed by atoms with Crippen LogP contribution in [0.2, 0.25) is 0 Å². The first-order chi connectivity index (χ1) is 9.88. The Bertz CT molecular complexity index is 312. The Hall–Kier alpha value is -0.610. The van der Waals surface area contributed by atoms with E-state index in [1.165, 1.54) is 26.4 Å². The molecule has 0 spiro atoms. The number of methoxy groups -OCH3 is 1. The molecule has 2 atom stereocenters. The number of nitrogens with one attached hydrogen (secondary N) is 1. The molecule has 1 saturated heterocycles. The van der Waals surface area contributed by atoms with Crippen LogP contribution in [0.15, 0.2) is 0 Å². The van der Waals surface area contributed by atoms with Gasteiger partial charge in [-0.3, -0.25) is 4.79 Å². The summed E-state index contributed by atoms with van der Waals surface area (Å²) in [6, 6.07) is -0.193. The normalized spacial score (nSPS) is 22.6. The predicted molar refractivity (Wildman–Crippen MR) is 87.3 cm³/mol. The second kappa shape index (κ2) is 8.74. The van der Waals surface area contributed by atoms with Crippen LogP contribution >= 0.6 is 0 Å². The van der Waals surface area contributed by atoms with Crippen molar-refractivity contribution in [1.29, 1.82) is 0 Å². The Morgan fingerprint density at radius 2 is 2.05 bits per heavy atom. The van der Waals surface area contributed by atoms with E-state index < -0.39 is 0 Å². The van der Waals surface area contributed by atoms with E-state index in [4.69, 9.17) is 4.74 Å². The van der Waals surface area contributed by atoms with E-state index in [1.54, 1.807) is 0 Å². The summed E-state index contributed by atoms with van der Waals surface area (Å²) in [7, 11) is 1.47. The molecule has 0 aliphatic carbocycles. The smallest absolute Gasteiger partial charge is 0.324 e. The first kappa shape index (κ1) is 18.4. The first-order valence-electron chi connectivity index (χ1n) is 8.42. The molecule has 1 rings (SSSR count). The number of hydrogen-bond acceptors (Lipinski definition) is 4. The van der Waals surface area contributed by atoms with Gasteiger partial charge >= 0.3 is 5.97 Å². The van der Waals surface area contributed by atoms with Gasteiger partial charge in [-0.05, 0) is 56.7 Å². The van der Waals surface area contributed by atoms with Gasteiger partial charge in [-0.15, -0.1) is 0 Å². The summed E-state index contributed by atoms with van der Waals surface area (Å²) in [5.74, 6) is 0.641. The molecule has 0 aromatic rings. The maximum absolute atomic E-state index is 11.9. The summed E-state index contributed by atoms with van der Waals surface area (Å²) in [5.41, 5.74) is 0.387. The summed E-state index contributed by atoms with van der Waals surface area (Å²) in [5, 5.41) is 3.31. The lowest BCUT2D eigenvalue weighted by molar-refractivity contribution is -0.143. The quantitative estimate of drug-likeness (QED) is 0.766. The van der Waals surface area contributed by atoms with Crippen molar-refractivity contribution in [3.63, 3.8) is 0 Å². The molecule has 1 aliphatic rings. The van der Waals surface area contributed by atoms with Gasteiger partial charge in [0.25, 0.3) is 0 Å². The third-order valence-electron chi connectivity index (χ3n) is 4.61. The molecule has 4 nitrogen and oxygen atoms in total. The number of hydrogen-bond donors (Lipinski definition) is 1. The molecule has 0 bridgehead atoms. The van der Waals surface area contributed by atoms with Gasteiger partial charge in [0.05, 0.1) is 7.11 Å². The van der Waals surface area contributed by atoms with E-state index in [-0.39, 0.29) is 12.0 Å². The van der Waals surface area contributed by atoms with Crippen molar-refractivity contribution in [3.8, 4) is 0 Å². The van der Waals surface area contributed by atoms with E-state index in [2.05, 4.69) is 37.9 Å². The van der Waals surface area contributed by atoms with Crippen LogP contribution in [0, 0.1) is 11.3 Å². The average molecular weight is 298 g/mol. The Morgan fingerprint density at radius 3 is 2.62 bits per heavy atom. The van der Waals surface area contributed by atoms with Gasteiger partial charge in [-0.2, -0.15) is 0 Å². The van der Waals surface area contributed by atoms with E-state index in [0.29, 0.717) is 5.41 Å². The van der Waals surface area contributed by atoms with Crippen LogP contribution in [0.25, 0.3) is 0 Å². The van der Waals surface area contributed by atoms with E-state index in [9.17, 15) is 4.79 Å². The van der Waals surface area contributed by atoms with Gasteiger partial charge in [0.15, 0.2) is 0 Å². The zero-order valence-electron chi connectivity index (χ0n) is 14.6. The third-order valence-corrected chi connectivity index (χ3v) is 4.61. The van der Waals surface area contributed by atoms with Crippen molar-refractivity contribution in [2.45, 2.75) is 59.4 Å². The zero-order chi connectivity index (χ0) is 15.9. The summed E-state index contributed by atoms with van der Waals surface area (Å²) < 4.78 is 4.93. The minimum atomic E-state index is -0.193. The molecule has 0 radical (unpaired) electrons. The lowest BCUT2D eigenvalue weighted by atomic mass is 9.77. The third kappa shape index (κ3) is 6.35. The summed E-state index contributed by atoms with van der Waals surface area (Å²) in [6.45, 7) is 12.9. The lowest BCUT2D eigenvalue weighted by Crippen LogP contribution is -2.47. The summed E-state index contributed by atoms with van der Waals surface area (Å²) in [6.07, 6.45) is 4.78. The van der Waals surface area contributed by atoms with Crippen LogP contribution in [0.1, 0.15) is 53.4 Å². The lowest BCUT2D eigenvalue weighted by Gasteiger charge is -2.30. The highest BCUT2D eigenvalue weighted by Gasteiger charge is 2.29. The molecule has 4 heteroatoms. The molecule has 1 heterocycles. The van der Waals surface area contributed by atoms with Crippen molar-refractivity contribution in [2.24, 2.45) is 11.3 Å². The van der Waals surface area contributed by atoms with Crippen LogP contribution in [-0.4, -0.2) is 50.2 Å². The van der Waals surface area contributed by atoms with Crippen molar-refractivity contribution in [3.05, 3.63) is 0 Å². The average Bonchev–Trinajstić information content (AvgIpc) is 2.67. The molecule has 21 heavy (non-hydrogen) atoms.